The lowest BCUT2D eigenvalue weighted by Gasteiger charge is -2.34. The largest absolute Gasteiger partial charge is 0.493 e. The van der Waals surface area contributed by atoms with Crippen molar-refractivity contribution in [1.29, 1.82) is 0 Å². The number of benzene rings is 2. The minimum atomic E-state index is 0.312. The second kappa shape index (κ2) is 8.28. The molecule has 0 N–H and O–H groups in total. The van der Waals surface area contributed by atoms with Gasteiger partial charge in [0.1, 0.15) is 0 Å². The predicted octanol–water partition coefficient (Wildman–Crippen LogP) is 4.44. The van der Waals surface area contributed by atoms with Gasteiger partial charge in [0, 0.05) is 18.8 Å². The van der Waals surface area contributed by atoms with Crippen molar-refractivity contribution >= 4 is 0 Å². The van der Waals surface area contributed by atoms with E-state index in [1.165, 1.54) is 16.8 Å². The van der Waals surface area contributed by atoms with E-state index in [2.05, 4.69) is 72.4 Å². The Hall–Kier alpha value is -2.46. The van der Waals surface area contributed by atoms with Crippen LogP contribution in [0.25, 0.3) is 0 Å². The Labute approximate surface area is 156 Å². The van der Waals surface area contributed by atoms with Crippen LogP contribution in [-0.4, -0.2) is 37.3 Å². The minimum Gasteiger partial charge on any atom is -0.493 e. The highest BCUT2D eigenvalue weighted by molar-refractivity contribution is 5.43. The van der Waals surface area contributed by atoms with Gasteiger partial charge >= 0.3 is 0 Å². The standard InChI is InChI=1S/C22H28N2O2/c1-5-23-20(19-9-7-6-8-10-19)15-17(2)24(23)14-13-18-11-12-21(25-3)22(16-18)26-4/h6-12,15-16,20H,5,13-14H2,1-4H3. The highest BCUT2D eigenvalue weighted by Crippen LogP contribution is 2.34. The molecule has 2 aromatic carbocycles. The lowest BCUT2D eigenvalue weighted by molar-refractivity contribution is 0.0116. The lowest BCUT2D eigenvalue weighted by atomic mass is 10.1. The van der Waals surface area contributed by atoms with E-state index in [0.717, 1.165) is 31.0 Å². The molecule has 0 saturated heterocycles. The van der Waals surface area contributed by atoms with Crippen LogP contribution in [0.3, 0.4) is 0 Å². The van der Waals surface area contributed by atoms with E-state index in [1.807, 2.05) is 6.07 Å². The van der Waals surface area contributed by atoms with Gasteiger partial charge in [-0.3, -0.25) is 0 Å². The lowest BCUT2D eigenvalue weighted by Crippen LogP contribution is -2.39. The number of rotatable bonds is 7. The number of nitrogens with zero attached hydrogens (tertiary/aromatic N) is 2. The third-order valence-corrected chi connectivity index (χ3v) is 4.96. The van der Waals surface area contributed by atoms with E-state index >= 15 is 0 Å². The Morgan fingerprint density at radius 1 is 0.962 bits per heavy atom. The van der Waals surface area contributed by atoms with Gasteiger partial charge < -0.3 is 14.5 Å². The maximum atomic E-state index is 5.43. The second-order valence-electron chi connectivity index (χ2n) is 6.48. The van der Waals surface area contributed by atoms with E-state index in [-0.39, 0.29) is 0 Å². The molecule has 4 nitrogen and oxygen atoms in total. The highest BCUT2D eigenvalue weighted by atomic mass is 16.5. The third kappa shape index (κ3) is 3.70. The summed E-state index contributed by atoms with van der Waals surface area (Å²) in [6.45, 7) is 6.32. The van der Waals surface area contributed by atoms with Crippen LogP contribution in [-0.2, 0) is 6.42 Å². The summed E-state index contributed by atoms with van der Waals surface area (Å²) in [4.78, 5) is 0. The van der Waals surface area contributed by atoms with Gasteiger partial charge in [-0.15, -0.1) is 0 Å². The molecule has 2 aromatic rings. The van der Waals surface area contributed by atoms with Crippen LogP contribution in [0.15, 0.2) is 60.3 Å². The molecule has 1 aliphatic heterocycles. The maximum absolute atomic E-state index is 5.43. The Kier molecular flexibility index (Phi) is 5.84. The van der Waals surface area contributed by atoms with Crippen LogP contribution in [0.4, 0.5) is 0 Å². The zero-order valence-electron chi connectivity index (χ0n) is 16.1. The van der Waals surface area contributed by atoms with Crippen molar-refractivity contribution in [2.24, 2.45) is 0 Å². The van der Waals surface area contributed by atoms with Crippen LogP contribution in [0.5, 0.6) is 11.5 Å². The van der Waals surface area contributed by atoms with E-state index < -0.39 is 0 Å². The average Bonchev–Trinajstić information content (AvgIpc) is 3.02. The van der Waals surface area contributed by atoms with Gasteiger partial charge in [-0.25, -0.2) is 5.01 Å². The van der Waals surface area contributed by atoms with Gasteiger partial charge in [-0.05, 0) is 42.7 Å². The quantitative estimate of drug-likeness (QED) is 0.735. The normalized spacial score (nSPS) is 17.3. The van der Waals surface area contributed by atoms with E-state index in [4.69, 9.17) is 9.47 Å². The number of methoxy groups -OCH3 is 2. The SMILES string of the molecule is CCN1C(c2ccccc2)C=C(C)N1CCc1ccc(OC)c(OC)c1. The summed E-state index contributed by atoms with van der Waals surface area (Å²) in [5.41, 5.74) is 3.89. The smallest absolute Gasteiger partial charge is 0.160 e. The fourth-order valence-corrected chi connectivity index (χ4v) is 3.62. The molecule has 1 heterocycles. The number of allylic oxidation sites excluding steroid dienone is 1. The third-order valence-electron chi connectivity index (χ3n) is 4.96. The number of hydrogen-bond acceptors (Lipinski definition) is 4. The first-order valence-corrected chi connectivity index (χ1v) is 9.16. The number of hydrogen-bond donors (Lipinski definition) is 0. The zero-order chi connectivity index (χ0) is 18.5. The summed E-state index contributed by atoms with van der Waals surface area (Å²) in [6, 6.07) is 17.2. The molecule has 3 rings (SSSR count). The molecule has 0 aliphatic carbocycles. The average molecular weight is 352 g/mol. The predicted molar refractivity (Wildman–Crippen MR) is 105 cm³/mol. The summed E-state index contributed by atoms with van der Waals surface area (Å²) < 4.78 is 10.8. The fraction of sp³-hybridized carbons (Fsp3) is 0.364. The molecule has 0 radical (unpaired) electrons. The van der Waals surface area contributed by atoms with Crippen molar-refractivity contribution < 1.29 is 9.47 Å². The Morgan fingerprint density at radius 3 is 2.35 bits per heavy atom. The molecule has 1 atom stereocenters. The molecule has 0 aromatic heterocycles. The van der Waals surface area contributed by atoms with Crippen LogP contribution in [0, 0.1) is 0 Å². The zero-order valence-corrected chi connectivity index (χ0v) is 16.1. The molecule has 1 unspecified atom stereocenters. The summed E-state index contributed by atoms with van der Waals surface area (Å²) in [7, 11) is 3.34. The number of likely N-dealkylation sites (N-methyl/N-ethyl adjacent to an activating group) is 1. The topological polar surface area (TPSA) is 24.9 Å². The van der Waals surface area contributed by atoms with Gasteiger partial charge in [0.25, 0.3) is 0 Å². The van der Waals surface area contributed by atoms with Crippen LogP contribution in [0.2, 0.25) is 0 Å². The number of ether oxygens (including phenoxy) is 2. The molecule has 0 fully saturated rings. The van der Waals surface area contributed by atoms with Gasteiger partial charge in [0.2, 0.25) is 0 Å². The monoisotopic (exact) mass is 352 g/mol. The molecule has 0 saturated carbocycles. The minimum absolute atomic E-state index is 0.312. The van der Waals surface area contributed by atoms with Crippen molar-refractivity contribution in [1.82, 2.24) is 10.0 Å². The van der Waals surface area contributed by atoms with Crippen LogP contribution < -0.4 is 9.47 Å². The van der Waals surface area contributed by atoms with E-state index in [1.54, 1.807) is 14.2 Å². The van der Waals surface area contributed by atoms with Crippen LogP contribution in [0.1, 0.15) is 31.0 Å². The summed E-state index contributed by atoms with van der Waals surface area (Å²) >= 11 is 0. The molecule has 138 valence electrons. The van der Waals surface area contributed by atoms with Gasteiger partial charge in [-0.2, -0.15) is 0 Å². The van der Waals surface area contributed by atoms with E-state index in [9.17, 15) is 0 Å². The molecule has 26 heavy (non-hydrogen) atoms. The molecule has 0 spiro atoms. The van der Waals surface area contributed by atoms with Gasteiger partial charge in [0.15, 0.2) is 11.5 Å². The number of hydrazine groups is 1. The van der Waals surface area contributed by atoms with Gasteiger partial charge in [0.05, 0.1) is 20.3 Å². The Balaban J connectivity index is 1.73. The van der Waals surface area contributed by atoms with Crippen molar-refractivity contribution in [2.75, 3.05) is 27.3 Å². The maximum Gasteiger partial charge on any atom is 0.160 e. The van der Waals surface area contributed by atoms with Crippen molar-refractivity contribution in [3.8, 4) is 11.5 Å². The summed E-state index contributed by atoms with van der Waals surface area (Å²) in [5.74, 6) is 1.56. The van der Waals surface area contributed by atoms with Crippen molar-refractivity contribution in [3.05, 3.63) is 71.4 Å². The highest BCUT2D eigenvalue weighted by Gasteiger charge is 2.29. The molecule has 0 bridgehead atoms. The Morgan fingerprint density at radius 2 is 1.69 bits per heavy atom. The van der Waals surface area contributed by atoms with E-state index in [0.29, 0.717) is 6.04 Å². The molecular formula is C22H28N2O2. The van der Waals surface area contributed by atoms with Crippen molar-refractivity contribution in [3.63, 3.8) is 0 Å². The first kappa shape index (κ1) is 18.3. The fourth-order valence-electron chi connectivity index (χ4n) is 3.62. The molecule has 4 heteroatoms. The molecule has 0 amide bonds. The second-order valence-corrected chi connectivity index (χ2v) is 6.48. The Bertz CT molecular complexity index is 758. The summed E-state index contributed by atoms with van der Waals surface area (Å²) in [6.07, 6.45) is 3.30. The van der Waals surface area contributed by atoms with Crippen LogP contribution >= 0.6 is 0 Å². The summed E-state index contributed by atoms with van der Waals surface area (Å²) in [5, 5.41) is 4.83. The molecule has 1 aliphatic rings. The van der Waals surface area contributed by atoms with Crippen molar-refractivity contribution in [2.45, 2.75) is 26.3 Å². The molecular weight excluding hydrogens is 324 g/mol. The first-order chi connectivity index (χ1) is 12.7. The van der Waals surface area contributed by atoms with Gasteiger partial charge in [-0.1, -0.05) is 43.3 Å². The first-order valence-electron chi connectivity index (χ1n) is 9.16.